The number of esters is 4. The summed E-state index contributed by atoms with van der Waals surface area (Å²) in [6, 6.07) is 3.85. The second kappa shape index (κ2) is 25.2. The van der Waals surface area contributed by atoms with Crippen molar-refractivity contribution >= 4 is 53.7 Å². The van der Waals surface area contributed by atoms with E-state index >= 15 is 0 Å². The third kappa shape index (κ3) is 14.9. The molecule has 0 spiro atoms. The second-order valence-corrected chi connectivity index (χ2v) is 14.4. The van der Waals surface area contributed by atoms with Gasteiger partial charge in [-0.2, -0.15) is 0 Å². The molecule has 22 N–H and O–H groups in total. The van der Waals surface area contributed by atoms with Crippen molar-refractivity contribution < 1.29 is 174 Å². The van der Waals surface area contributed by atoms with Crippen molar-refractivity contribution in [3.63, 3.8) is 0 Å². The number of aromatic hydroxyl groups is 9. The first-order valence-electron chi connectivity index (χ1n) is 19.2. The molecule has 12 atom stereocenters. The Morgan fingerprint density at radius 3 is 1.05 bits per heavy atom. The summed E-state index contributed by atoms with van der Waals surface area (Å²) in [5.41, 5.74) is -1.78. The van der Waals surface area contributed by atoms with Crippen molar-refractivity contribution in [2.24, 2.45) is 0 Å². The SMILES string of the molecule is O=C(OC(C(=O)O)C(O)C(O)C(O)C(=O)O)c1cc(O)c(O)c(O)c1.O=C(OC(C(=O)O)C1OC(=O)C(O)C1O)c1cc(O)c(O)c(O)c1.O=C(OC(C(O)C(=O)O)C(O)C(O)C(=O)O)c1cc(O)c(O)c(O)c1. The Balaban J connectivity index is 0.000000380. The number of rotatable bonds is 18. The summed E-state index contributed by atoms with van der Waals surface area (Å²) in [5, 5.41) is 203. The maximum Gasteiger partial charge on any atom is 0.349 e. The highest BCUT2D eigenvalue weighted by molar-refractivity contribution is 5.94. The third-order valence-electron chi connectivity index (χ3n) is 9.28. The highest BCUT2D eigenvalue weighted by Gasteiger charge is 2.51. The van der Waals surface area contributed by atoms with Gasteiger partial charge < -0.3 is 131 Å². The van der Waals surface area contributed by atoms with Crippen LogP contribution in [0.1, 0.15) is 31.1 Å². The number of ether oxygens (including phenoxy) is 4. The van der Waals surface area contributed by atoms with E-state index in [-0.39, 0.29) is 0 Å². The molecule has 0 aromatic heterocycles. The second-order valence-electron chi connectivity index (χ2n) is 14.4. The smallest absolute Gasteiger partial charge is 0.349 e. The van der Waals surface area contributed by atoms with Crippen LogP contribution in [-0.4, -0.2) is 239 Å². The highest BCUT2D eigenvalue weighted by atomic mass is 16.6. The van der Waals surface area contributed by atoms with E-state index < -0.39 is 195 Å². The first kappa shape index (κ1) is 60.9. The van der Waals surface area contributed by atoms with Gasteiger partial charge in [-0.3, -0.25) is 0 Å². The summed E-state index contributed by atoms with van der Waals surface area (Å²) in [5.74, 6) is -23.6. The van der Waals surface area contributed by atoms with Gasteiger partial charge in [-0.05, 0) is 36.4 Å². The van der Waals surface area contributed by atoms with Gasteiger partial charge in [-0.25, -0.2) is 43.2 Å². The lowest BCUT2D eigenvalue weighted by atomic mass is 10.0. The Hall–Kier alpha value is -9.23. The number of hydrogen-bond donors (Lipinski definition) is 22. The zero-order chi connectivity index (χ0) is 57.1. The molecule has 0 amide bonds. The van der Waals surface area contributed by atoms with Gasteiger partial charge in [-0.1, -0.05) is 0 Å². The molecule has 1 saturated heterocycles. The van der Waals surface area contributed by atoms with Gasteiger partial charge in [-0.15, -0.1) is 0 Å². The molecule has 0 bridgehead atoms. The van der Waals surface area contributed by atoms with Crippen molar-refractivity contribution in [3.8, 4) is 51.7 Å². The van der Waals surface area contributed by atoms with E-state index in [1.165, 1.54) is 0 Å². The molecule has 3 aromatic carbocycles. The third-order valence-corrected chi connectivity index (χ3v) is 9.28. The lowest BCUT2D eigenvalue weighted by Crippen LogP contribution is -2.52. The molecule has 0 radical (unpaired) electrons. The number of aliphatic carboxylic acids is 5. The van der Waals surface area contributed by atoms with E-state index in [1.54, 1.807) is 0 Å². The van der Waals surface area contributed by atoms with E-state index in [1.807, 2.05) is 0 Å². The molecule has 406 valence electrons. The molecule has 1 fully saturated rings. The minimum atomic E-state index is -2.60. The van der Waals surface area contributed by atoms with Crippen LogP contribution in [0.25, 0.3) is 0 Å². The van der Waals surface area contributed by atoms with E-state index in [2.05, 4.69) is 18.9 Å². The van der Waals surface area contributed by atoms with Gasteiger partial charge in [0.15, 0.2) is 88.4 Å². The number of phenols is 9. The van der Waals surface area contributed by atoms with E-state index in [0.29, 0.717) is 36.4 Å². The molecule has 1 aliphatic rings. The number of aliphatic hydroxyl groups excluding tert-OH is 8. The van der Waals surface area contributed by atoms with Crippen LogP contribution >= 0.6 is 0 Å². The molecule has 4 rings (SSSR count). The normalized spacial score (nSPS) is 18.4. The monoisotopic (exact) mass is 1070 g/mol. The molecule has 35 nitrogen and oxygen atoms in total. The van der Waals surface area contributed by atoms with E-state index in [9.17, 15) is 115 Å². The first-order chi connectivity index (χ1) is 34.1. The lowest BCUT2D eigenvalue weighted by Gasteiger charge is -2.26. The fourth-order valence-electron chi connectivity index (χ4n) is 5.38. The summed E-state index contributed by atoms with van der Waals surface area (Å²) in [6.07, 6.45) is -28.1. The van der Waals surface area contributed by atoms with Gasteiger partial charge in [0, 0.05) is 0 Å². The first-order valence-corrected chi connectivity index (χ1v) is 19.2. The van der Waals surface area contributed by atoms with Crippen LogP contribution < -0.4 is 0 Å². The fraction of sp³-hybridized carbons (Fsp3) is 0.308. The number of carboxylic acid groups (broad SMARTS) is 5. The summed E-state index contributed by atoms with van der Waals surface area (Å²) in [6.45, 7) is 0. The molecular formula is C39H40O35. The number of carbonyl (C=O) groups is 9. The van der Waals surface area contributed by atoms with E-state index in [0.717, 1.165) is 0 Å². The molecule has 3 aromatic rings. The number of hydrogen-bond acceptors (Lipinski definition) is 30. The molecule has 0 saturated carbocycles. The zero-order valence-electron chi connectivity index (χ0n) is 36.0. The van der Waals surface area contributed by atoms with Gasteiger partial charge >= 0.3 is 53.7 Å². The summed E-state index contributed by atoms with van der Waals surface area (Å²) < 4.78 is 18.0. The molecule has 0 aliphatic carbocycles. The van der Waals surface area contributed by atoms with Crippen LogP contribution in [0.4, 0.5) is 0 Å². The summed E-state index contributed by atoms with van der Waals surface area (Å²) in [4.78, 5) is 101. The van der Waals surface area contributed by atoms with Crippen LogP contribution in [0, 0.1) is 0 Å². The highest BCUT2D eigenvalue weighted by Crippen LogP contribution is 2.38. The van der Waals surface area contributed by atoms with Gasteiger partial charge in [0.2, 0.25) is 12.2 Å². The van der Waals surface area contributed by atoms with Gasteiger partial charge in [0.1, 0.15) is 24.4 Å². The molecular weight excluding hydrogens is 1030 g/mol. The number of benzene rings is 3. The molecule has 1 aliphatic heterocycles. The van der Waals surface area contributed by atoms with Crippen molar-refractivity contribution in [1.29, 1.82) is 0 Å². The van der Waals surface area contributed by atoms with Crippen LogP contribution in [0.2, 0.25) is 0 Å². The number of carboxylic acids is 5. The van der Waals surface area contributed by atoms with Gasteiger partial charge in [0.25, 0.3) is 0 Å². The summed E-state index contributed by atoms with van der Waals surface area (Å²) in [7, 11) is 0. The lowest BCUT2D eigenvalue weighted by molar-refractivity contribution is -0.173. The number of phenolic OH excluding ortho intramolecular Hbond substituents is 9. The Kier molecular flexibility index (Phi) is 20.8. The maximum absolute atomic E-state index is 11.9. The van der Waals surface area contributed by atoms with Crippen LogP contribution in [-0.2, 0) is 47.7 Å². The van der Waals surface area contributed by atoms with Crippen molar-refractivity contribution in [2.45, 2.75) is 73.2 Å². The molecule has 35 heteroatoms. The quantitative estimate of drug-likeness (QED) is 0.0320. The minimum absolute atomic E-state index is 0.520. The predicted molar refractivity (Wildman–Crippen MR) is 218 cm³/mol. The Labute approximate surface area is 406 Å². The molecule has 1 heterocycles. The number of cyclic esters (lactones) is 1. The minimum Gasteiger partial charge on any atom is -0.504 e. The Bertz CT molecular complexity index is 2560. The van der Waals surface area contributed by atoms with Crippen LogP contribution in [0.3, 0.4) is 0 Å². The molecule has 74 heavy (non-hydrogen) atoms. The van der Waals surface area contributed by atoms with E-state index in [4.69, 9.17) is 40.9 Å². The van der Waals surface area contributed by atoms with Crippen LogP contribution in [0.5, 0.6) is 51.7 Å². The Morgan fingerprint density at radius 2 is 0.757 bits per heavy atom. The number of carbonyl (C=O) groups excluding carboxylic acids is 4. The standard InChI is InChI=1S/2C13H14O12.C13H12O11/c14-4-1-3(2-5(15)6(4)16)13(24)25-10(9(19)12(22)23)7(17)8(18)11(20)21;14-4-1-3(2-5(15)6(4)16)13(24)25-10(12(22)23)8(18)7(17)9(19)11(20)21;14-4-1-3(2-5(15)6(4)16)12(21)24-10(11(19)20)9-7(17)8(18)13(22)23-9/h2*1-2,7-10,14-19H,(H,20,21)(H,22,23);1-2,7-10,14-18H,(H,19,20). The van der Waals surface area contributed by atoms with Crippen molar-refractivity contribution in [1.82, 2.24) is 0 Å². The van der Waals surface area contributed by atoms with Gasteiger partial charge in [0.05, 0.1) is 16.7 Å². The van der Waals surface area contributed by atoms with Crippen molar-refractivity contribution in [2.75, 3.05) is 0 Å². The average Bonchev–Trinajstić information content (AvgIpc) is 3.58. The fourth-order valence-corrected chi connectivity index (χ4v) is 5.38. The Morgan fingerprint density at radius 1 is 0.432 bits per heavy atom. The predicted octanol–water partition coefficient (Wildman–Crippen LogP) is -6.78. The van der Waals surface area contributed by atoms with Crippen molar-refractivity contribution in [3.05, 3.63) is 53.1 Å². The summed E-state index contributed by atoms with van der Waals surface area (Å²) >= 11 is 0. The topological polar surface area (TPSA) is 636 Å². The zero-order valence-corrected chi connectivity index (χ0v) is 36.0. The molecule has 12 unspecified atom stereocenters. The maximum atomic E-state index is 11.9. The number of aliphatic hydroxyl groups is 8. The van der Waals surface area contributed by atoms with Crippen LogP contribution in [0.15, 0.2) is 36.4 Å². The largest absolute Gasteiger partial charge is 0.504 e. The average molecular weight is 1070 g/mol.